The Balaban J connectivity index is 3.08. The third-order valence-corrected chi connectivity index (χ3v) is 4.31. The lowest BCUT2D eigenvalue weighted by atomic mass is 10.0. The van der Waals surface area contributed by atoms with Crippen LogP contribution < -0.4 is 0 Å². The van der Waals surface area contributed by atoms with Crippen molar-refractivity contribution in [2.75, 3.05) is 6.61 Å². The molecule has 1 unspecified atom stereocenters. The summed E-state index contributed by atoms with van der Waals surface area (Å²) in [4.78, 5) is 0. The van der Waals surface area contributed by atoms with Crippen molar-refractivity contribution in [2.45, 2.75) is 109 Å². The van der Waals surface area contributed by atoms with Crippen LogP contribution in [0.3, 0.4) is 0 Å². The maximum atomic E-state index is 9.89. The van der Waals surface area contributed by atoms with Gasteiger partial charge in [-0.15, -0.1) is 0 Å². The summed E-state index contributed by atoms with van der Waals surface area (Å²) in [6.07, 6.45) is 20.2. The first-order chi connectivity index (χ1) is 10.8. The first-order valence-corrected chi connectivity index (χ1v) is 9.71. The zero-order valence-electron chi connectivity index (χ0n) is 15.0. The Labute approximate surface area is 139 Å². The second-order valence-electron chi connectivity index (χ2n) is 6.51. The van der Waals surface area contributed by atoms with E-state index in [-0.39, 0.29) is 6.10 Å². The minimum Gasteiger partial charge on any atom is -0.502 e. The zero-order valence-corrected chi connectivity index (χ0v) is 15.0. The van der Waals surface area contributed by atoms with E-state index in [4.69, 9.17) is 4.74 Å². The van der Waals surface area contributed by atoms with Crippen LogP contribution in [0.5, 0.6) is 0 Å². The molecule has 1 atom stereocenters. The number of hydrogen-bond donors (Lipinski definition) is 1. The zero-order chi connectivity index (χ0) is 16.3. The summed E-state index contributed by atoms with van der Waals surface area (Å²) in [5.41, 5.74) is 0. The average molecular weight is 313 g/mol. The predicted molar refractivity (Wildman–Crippen MR) is 97.1 cm³/mol. The summed E-state index contributed by atoms with van der Waals surface area (Å²) in [7, 11) is 0. The van der Waals surface area contributed by atoms with E-state index in [2.05, 4.69) is 13.5 Å². The monoisotopic (exact) mass is 312 g/mol. The van der Waals surface area contributed by atoms with E-state index in [0.29, 0.717) is 0 Å². The highest BCUT2D eigenvalue weighted by Gasteiger charge is 2.03. The third kappa shape index (κ3) is 17.6. The van der Waals surface area contributed by atoms with Gasteiger partial charge in [0, 0.05) is 0 Å². The van der Waals surface area contributed by atoms with Crippen LogP contribution >= 0.6 is 0 Å². The molecule has 0 amide bonds. The van der Waals surface area contributed by atoms with E-state index in [9.17, 15) is 5.11 Å². The molecule has 0 aromatic rings. The van der Waals surface area contributed by atoms with Crippen LogP contribution in [0.2, 0.25) is 0 Å². The number of aliphatic hydroxyl groups is 1. The van der Waals surface area contributed by atoms with Gasteiger partial charge in [0.15, 0.2) is 0 Å². The standard InChI is InChI=1S/C20H40O2/c1-3-5-6-14-17-20(21)18-15-12-10-8-7-9-11-13-16-19-22-4-2/h4,20-21H,2-3,5-19H2,1H3. The van der Waals surface area contributed by atoms with Crippen LogP contribution in [0.15, 0.2) is 12.8 Å². The summed E-state index contributed by atoms with van der Waals surface area (Å²) in [6.45, 7) is 6.59. The lowest BCUT2D eigenvalue weighted by Crippen LogP contribution is -2.05. The van der Waals surface area contributed by atoms with Crippen LogP contribution in [0, 0.1) is 0 Å². The van der Waals surface area contributed by atoms with Gasteiger partial charge in [-0.05, 0) is 19.3 Å². The third-order valence-electron chi connectivity index (χ3n) is 4.31. The maximum absolute atomic E-state index is 9.89. The molecule has 0 heterocycles. The maximum Gasteiger partial charge on any atom is 0.0873 e. The average Bonchev–Trinajstić information content (AvgIpc) is 2.52. The lowest BCUT2D eigenvalue weighted by Gasteiger charge is -2.10. The quantitative estimate of drug-likeness (QED) is 0.235. The van der Waals surface area contributed by atoms with E-state index in [1.807, 2.05) is 0 Å². The molecule has 0 aliphatic heterocycles. The number of rotatable bonds is 18. The Morgan fingerprint density at radius 1 is 0.773 bits per heavy atom. The molecule has 0 rings (SSSR count). The Morgan fingerprint density at radius 3 is 1.73 bits per heavy atom. The number of unbranched alkanes of at least 4 members (excludes halogenated alkanes) is 11. The molecule has 0 aromatic carbocycles. The normalized spacial score (nSPS) is 12.3. The molecular formula is C20H40O2. The molecule has 22 heavy (non-hydrogen) atoms. The predicted octanol–water partition coefficient (Wildman–Crippen LogP) is 6.38. The Morgan fingerprint density at radius 2 is 1.23 bits per heavy atom. The van der Waals surface area contributed by atoms with Crippen LogP contribution in [-0.2, 0) is 4.74 Å². The van der Waals surface area contributed by atoms with Gasteiger partial charge in [-0.3, -0.25) is 0 Å². The first kappa shape index (κ1) is 21.5. The van der Waals surface area contributed by atoms with Crippen LogP contribution in [0.1, 0.15) is 103 Å². The fourth-order valence-corrected chi connectivity index (χ4v) is 2.84. The van der Waals surface area contributed by atoms with Gasteiger partial charge in [-0.25, -0.2) is 0 Å². The molecule has 2 nitrogen and oxygen atoms in total. The van der Waals surface area contributed by atoms with Gasteiger partial charge in [-0.2, -0.15) is 0 Å². The molecule has 0 aliphatic carbocycles. The first-order valence-electron chi connectivity index (χ1n) is 9.71. The Bertz CT molecular complexity index is 216. The highest BCUT2D eigenvalue weighted by molar-refractivity contribution is 4.57. The van der Waals surface area contributed by atoms with Crippen LogP contribution in [-0.4, -0.2) is 17.8 Å². The minimum absolute atomic E-state index is 0.0466. The van der Waals surface area contributed by atoms with Crippen molar-refractivity contribution in [1.29, 1.82) is 0 Å². The summed E-state index contributed by atoms with van der Waals surface area (Å²) in [5, 5.41) is 9.89. The molecule has 0 aliphatic rings. The summed E-state index contributed by atoms with van der Waals surface area (Å²) < 4.78 is 5.10. The molecule has 0 radical (unpaired) electrons. The van der Waals surface area contributed by atoms with Crippen molar-refractivity contribution < 1.29 is 9.84 Å². The number of hydrogen-bond acceptors (Lipinski definition) is 2. The highest BCUT2D eigenvalue weighted by atomic mass is 16.5. The second kappa shape index (κ2) is 18.5. The summed E-state index contributed by atoms with van der Waals surface area (Å²) >= 11 is 0. The Hall–Kier alpha value is -0.500. The molecule has 0 saturated heterocycles. The fourth-order valence-electron chi connectivity index (χ4n) is 2.84. The van der Waals surface area contributed by atoms with E-state index >= 15 is 0 Å². The van der Waals surface area contributed by atoms with Gasteiger partial charge in [-0.1, -0.05) is 90.6 Å². The highest BCUT2D eigenvalue weighted by Crippen LogP contribution is 2.14. The van der Waals surface area contributed by atoms with Gasteiger partial charge in [0.1, 0.15) is 0 Å². The molecule has 0 bridgehead atoms. The number of ether oxygens (including phenoxy) is 1. The van der Waals surface area contributed by atoms with Crippen LogP contribution in [0.4, 0.5) is 0 Å². The molecule has 0 spiro atoms. The van der Waals surface area contributed by atoms with Crippen LogP contribution in [0.25, 0.3) is 0 Å². The second-order valence-corrected chi connectivity index (χ2v) is 6.51. The van der Waals surface area contributed by atoms with E-state index in [0.717, 1.165) is 25.9 Å². The smallest absolute Gasteiger partial charge is 0.0873 e. The number of aliphatic hydroxyl groups excluding tert-OH is 1. The molecule has 0 saturated carbocycles. The van der Waals surface area contributed by atoms with Crippen molar-refractivity contribution >= 4 is 0 Å². The van der Waals surface area contributed by atoms with Crippen molar-refractivity contribution in [1.82, 2.24) is 0 Å². The Kier molecular flexibility index (Phi) is 18.1. The van der Waals surface area contributed by atoms with Gasteiger partial charge < -0.3 is 9.84 Å². The van der Waals surface area contributed by atoms with Gasteiger partial charge in [0.2, 0.25) is 0 Å². The molecule has 0 fully saturated rings. The van der Waals surface area contributed by atoms with E-state index < -0.39 is 0 Å². The van der Waals surface area contributed by atoms with Gasteiger partial charge >= 0.3 is 0 Å². The van der Waals surface area contributed by atoms with Crippen molar-refractivity contribution in [3.63, 3.8) is 0 Å². The molecule has 2 heteroatoms. The minimum atomic E-state index is -0.0466. The summed E-state index contributed by atoms with van der Waals surface area (Å²) in [5.74, 6) is 0. The van der Waals surface area contributed by atoms with Gasteiger partial charge in [0.05, 0.1) is 19.0 Å². The van der Waals surface area contributed by atoms with Crippen molar-refractivity contribution in [3.05, 3.63) is 12.8 Å². The molecule has 132 valence electrons. The van der Waals surface area contributed by atoms with Crippen molar-refractivity contribution in [2.24, 2.45) is 0 Å². The van der Waals surface area contributed by atoms with Gasteiger partial charge in [0.25, 0.3) is 0 Å². The van der Waals surface area contributed by atoms with E-state index in [1.165, 1.54) is 83.3 Å². The topological polar surface area (TPSA) is 29.5 Å². The SMILES string of the molecule is C=COCCCCCCCCCCCC(O)CCCCCC. The molecule has 1 N–H and O–H groups in total. The fraction of sp³-hybridized carbons (Fsp3) is 0.900. The summed E-state index contributed by atoms with van der Waals surface area (Å²) in [6, 6.07) is 0. The largest absolute Gasteiger partial charge is 0.502 e. The molecular weight excluding hydrogens is 272 g/mol. The van der Waals surface area contributed by atoms with Crippen molar-refractivity contribution in [3.8, 4) is 0 Å². The molecule has 0 aromatic heterocycles. The van der Waals surface area contributed by atoms with E-state index in [1.54, 1.807) is 0 Å². The lowest BCUT2D eigenvalue weighted by molar-refractivity contribution is 0.147.